The standard InChI is InChI=1S/C15H22N2O2/c1-3-5-6-9-17-14-8-7-12(19-4-2)10-13(14)16-15(17)11-18/h7-8,10,18H,3-6,9,11H2,1-2H3. The minimum absolute atomic E-state index is 0.0230. The Hall–Kier alpha value is -1.55. The fourth-order valence-electron chi connectivity index (χ4n) is 2.31. The van der Waals surface area contributed by atoms with Gasteiger partial charge in [-0.2, -0.15) is 0 Å². The molecule has 2 aromatic rings. The van der Waals surface area contributed by atoms with E-state index in [0.717, 1.165) is 35.6 Å². The number of aryl methyl sites for hydroxylation is 1. The van der Waals surface area contributed by atoms with Crippen LogP contribution < -0.4 is 4.74 Å². The zero-order chi connectivity index (χ0) is 13.7. The number of rotatable bonds is 7. The maximum absolute atomic E-state index is 9.43. The summed E-state index contributed by atoms with van der Waals surface area (Å²) in [6.07, 6.45) is 3.50. The maximum Gasteiger partial charge on any atom is 0.135 e. The lowest BCUT2D eigenvalue weighted by molar-refractivity contribution is 0.265. The zero-order valence-corrected chi connectivity index (χ0v) is 11.7. The highest BCUT2D eigenvalue weighted by molar-refractivity contribution is 5.77. The Morgan fingerprint density at radius 3 is 2.79 bits per heavy atom. The molecule has 19 heavy (non-hydrogen) atoms. The molecule has 0 aliphatic rings. The second-order valence-electron chi connectivity index (χ2n) is 4.63. The summed E-state index contributed by atoms with van der Waals surface area (Å²) in [5.74, 6) is 1.57. The highest BCUT2D eigenvalue weighted by Crippen LogP contribution is 2.22. The largest absolute Gasteiger partial charge is 0.494 e. The lowest BCUT2D eigenvalue weighted by atomic mass is 10.2. The van der Waals surface area contributed by atoms with Crippen molar-refractivity contribution in [1.82, 2.24) is 9.55 Å². The fourth-order valence-corrected chi connectivity index (χ4v) is 2.31. The van der Waals surface area contributed by atoms with E-state index in [2.05, 4.69) is 16.5 Å². The molecule has 0 amide bonds. The summed E-state index contributed by atoms with van der Waals surface area (Å²) in [5, 5.41) is 9.43. The summed E-state index contributed by atoms with van der Waals surface area (Å²) in [5.41, 5.74) is 1.97. The van der Waals surface area contributed by atoms with Crippen LogP contribution in [0.1, 0.15) is 38.9 Å². The SMILES string of the molecule is CCCCCn1c(CO)nc2cc(OCC)ccc21. The molecule has 4 nitrogen and oxygen atoms in total. The van der Waals surface area contributed by atoms with Gasteiger partial charge in [-0.15, -0.1) is 0 Å². The van der Waals surface area contributed by atoms with Crippen molar-refractivity contribution in [2.24, 2.45) is 0 Å². The van der Waals surface area contributed by atoms with E-state index in [1.165, 1.54) is 12.8 Å². The zero-order valence-electron chi connectivity index (χ0n) is 11.7. The number of ether oxygens (including phenoxy) is 1. The molecule has 0 saturated heterocycles. The van der Waals surface area contributed by atoms with Crippen LogP contribution in [0.3, 0.4) is 0 Å². The first-order chi connectivity index (χ1) is 9.30. The van der Waals surface area contributed by atoms with Gasteiger partial charge in [0.2, 0.25) is 0 Å². The summed E-state index contributed by atoms with van der Waals surface area (Å²) in [6.45, 7) is 5.69. The molecule has 0 saturated carbocycles. The monoisotopic (exact) mass is 262 g/mol. The minimum Gasteiger partial charge on any atom is -0.494 e. The molecule has 1 aromatic heterocycles. The lowest BCUT2D eigenvalue weighted by Crippen LogP contribution is -2.03. The molecule has 0 fully saturated rings. The van der Waals surface area contributed by atoms with Crippen LogP contribution in [0, 0.1) is 0 Å². The van der Waals surface area contributed by atoms with Gasteiger partial charge in [-0.3, -0.25) is 0 Å². The topological polar surface area (TPSA) is 47.3 Å². The van der Waals surface area contributed by atoms with Crippen LogP contribution in [0.4, 0.5) is 0 Å². The van der Waals surface area contributed by atoms with Gasteiger partial charge in [0.05, 0.1) is 17.6 Å². The Bertz CT molecular complexity index is 534. The third-order valence-corrected chi connectivity index (χ3v) is 3.24. The van der Waals surface area contributed by atoms with Gasteiger partial charge in [0.25, 0.3) is 0 Å². The fraction of sp³-hybridized carbons (Fsp3) is 0.533. The second kappa shape index (κ2) is 6.57. The van der Waals surface area contributed by atoms with E-state index in [1.807, 2.05) is 25.1 Å². The molecule has 1 heterocycles. The van der Waals surface area contributed by atoms with Crippen molar-refractivity contribution in [2.75, 3.05) is 6.61 Å². The second-order valence-corrected chi connectivity index (χ2v) is 4.63. The Labute approximate surface area is 114 Å². The van der Waals surface area contributed by atoms with E-state index in [0.29, 0.717) is 6.61 Å². The van der Waals surface area contributed by atoms with E-state index in [9.17, 15) is 5.11 Å². The van der Waals surface area contributed by atoms with Crippen LogP contribution in [0.25, 0.3) is 11.0 Å². The summed E-state index contributed by atoms with van der Waals surface area (Å²) in [6, 6.07) is 5.93. The van der Waals surface area contributed by atoms with Crippen molar-refractivity contribution < 1.29 is 9.84 Å². The van der Waals surface area contributed by atoms with Crippen molar-refractivity contribution in [3.8, 4) is 5.75 Å². The molecular weight excluding hydrogens is 240 g/mol. The van der Waals surface area contributed by atoms with Crippen LogP contribution in [-0.4, -0.2) is 21.3 Å². The molecule has 1 N–H and O–H groups in total. The number of nitrogens with zero attached hydrogens (tertiary/aromatic N) is 2. The number of aliphatic hydroxyl groups excluding tert-OH is 1. The molecule has 0 spiro atoms. The summed E-state index contributed by atoms with van der Waals surface area (Å²) in [7, 11) is 0. The number of imidazole rings is 1. The predicted octanol–water partition coefficient (Wildman–Crippen LogP) is 3.12. The Balaban J connectivity index is 2.32. The molecule has 4 heteroatoms. The van der Waals surface area contributed by atoms with Crippen LogP contribution in [0.15, 0.2) is 18.2 Å². The molecule has 2 rings (SSSR count). The van der Waals surface area contributed by atoms with Crippen LogP contribution in [-0.2, 0) is 13.2 Å². The Kier molecular flexibility index (Phi) is 4.80. The van der Waals surface area contributed by atoms with Crippen molar-refractivity contribution in [3.05, 3.63) is 24.0 Å². The molecule has 0 radical (unpaired) electrons. The van der Waals surface area contributed by atoms with E-state index in [-0.39, 0.29) is 6.61 Å². The van der Waals surface area contributed by atoms with Gasteiger partial charge in [-0.25, -0.2) is 4.98 Å². The first-order valence-electron chi connectivity index (χ1n) is 7.03. The van der Waals surface area contributed by atoms with Gasteiger partial charge in [0.1, 0.15) is 18.2 Å². The molecule has 0 atom stereocenters. The normalized spacial score (nSPS) is 11.1. The number of fused-ring (bicyclic) bond motifs is 1. The Morgan fingerprint density at radius 2 is 2.11 bits per heavy atom. The van der Waals surface area contributed by atoms with Crippen LogP contribution in [0.5, 0.6) is 5.75 Å². The lowest BCUT2D eigenvalue weighted by Gasteiger charge is -2.07. The number of unbranched alkanes of at least 4 members (excludes halogenated alkanes) is 2. The molecule has 0 aliphatic heterocycles. The van der Waals surface area contributed by atoms with Crippen molar-refractivity contribution in [2.45, 2.75) is 46.3 Å². The van der Waals surface area contributed by atoms with Gasteiger partial charge in [0, 0.05) is 12.6 Å². The van der Waals surface area contributed by atoms with Crippen molar-refractivity contribution in [1.29, 1.82) is 0 Å². The van der Waals surface area contributed by atoms with Crippen LogP contribution in [0.2, 0.25) is 0 Å². The first kappa shape index (κ1) is 13.9. The van der Waals surface area contributed by atoms with Gasteiger partial charge in [0.15, 0.2) is 0 Å². The minimum atomic E-state index is -0.0230. The molecule has 0 bridgehead atoms. The molecule has 0 unspecified atom stereocenters. The third-order valence-electron chi connectivity index (χ3n) is 3.24. The number of benzene rings is 1. The van der Waals surface area contributed by atoms with Gasteiger partial charge in [-0.05, 0) is 25.5 Å². The van der Waals surface area contributed by atoms with Gasteiger partial charge in [-0.1, -0.05) is 19.8 Å². The predicted molar refractivity (Wildman–Crippen MR) is 76.3 cm³/mol. The maximum atomic E-state index is 9.43. The smallest absolute Gasteiger partial charge is 0.135 e. The van der Waals surface area contributed by atoms with E-state index in [4.69, 9.17) is 4.74 Å². The van der Waals surface area contributed by atoms with E-state index in [1.54, 1.807) is 0 Å². The van der Waals surface area contributed by atoms with Crippen LogP contribution >= 0.6 is 0 Å². The highest BCUT2D eigenvalue weighted by Gasteiger charge is 2.10. The van der Waals surface area contributed by atoms with Gasteiger partial charge >= 0.3 is 0 Å². The number of aromatic nitrogens is 2. The summed E-state index contributed by atoms with van der Waals surface area (Å²) < 4.78 is 7.60. The highest BCUT2D eigenvalue weighted by atomic mass is 16.5. The summed E-state index contributed by atoms with van der Waals surface area (Å²) in [4.78, 5) is 4.49. The third kappa shape index (κ3) is 3.07. The average molecular weight is 262 g/mol. The summed E-state index contributed by atoms with van der Waals surface area (Å²) >= 11 is 0. The number of hydrogen-bond acceptors (Lipinski definition) is 3. The molecule has 1 aromatic carbocycles. The van der Waals surface area contributed by atoms with Gasteiger partial charge < -0.3 is 14.4 Å². The first-order valence-corrected chi connectivity index (χ1v) is 7.03. The number of aliphatic hydroxyl groups is 1. The quantitative estimate of drug-likeness (QED) is 0.780. The van der Waals surface area contributed by atoms with Crippen molar-refractivity contribution in [3.63, 3.8) is 0 Å². The molecule has 104 valence electrons. The van der Waals surface area contributed by atoms with Crippen molar-refractivity contribution >= 4 is 11.0 Å². The van der Waals surface area contributed by atoms with E-state index < -0.39 is 0 Å². The molecule has 0 aliphatic carbocycles. The molecular formula is C15H22N2O2. The average Bonchev–Trinajstić information content (AvgIpc) is 2.77. The van der Waals surface area contributed by atoms with E-state index >= 15 is 0 Å². The Morgan fingerprint density at radius 1 is 1.26 bits per heavy atom. The number of hydrogen-bond donors (Lipinski definition) is 1.